The summed E-state index contributed by atoms with van der Waals surface area (Å²) in [5.74, 6) is -3.21. The zero-order valence-corrected chi connectivity index (χ0v) is 16.9. The molecular formula is C20H17F5N4OS. The number of fused-ring (bicyclic) bond motifs is 1. The molecule has 164 valence electrons. The van der Waals surface area contributed by atoms with Gasteiger partial charge in [0.15, 0.2) is 0 Å². The van der Waals surface area contributed by atoms with Gasteiger partial charge in [0.2, 0.25) is 0 Å². The fraction of sp³-hybridized carbons (Fsp3) is 0.350. The molecule has 0 bridgehead atoms. The van der Waals surface area contributed by atoms with Crippen LogP contribution in [0.1, 0.15) is 33.8 Å². The summed E-state index contributed by atoms with van der Waals surface area (Å²) in [6.45, 7) is -0.0948. The Morgan fingerprint density at radius 3 is 2.48 bits per heavy atom. The number of alkyl halides is 5. The molecule has 3 aromatic rings. The monoisotopic (exact) mass is 456 g/mol. The van der Waals surface area contributed by atoms with Gasteiger partial charge >= 0.3 is 6.18 Å². The van der Waals surface area contributed by atoms with E-state index in [1.54, 1.807) is 0 Å². The van der Waals surface area contributed by atoms with Crippen LogP contribution in [0.25, 0.3) is 21.5 Å². The fourth-order valence-corrected chi connectivity index (χ4v) is 4.39. The third kappa shape index (κ3) is 4.38. The molecule has 1 aromatic carbocycles. The fourth-order valence-electron chi connectivity index (χ4n) is 3.44. The van der Waals surface area contributed by atoms with E-state index in [1.807, 2.05) is 0 Å². The molecule has 1 saturated heterocycles. The maximum Gasteiger partial charge on any atom is 0.417 e. The third-order valence-corrected chi connectivity index (χ3v) is 6.23. The predicted molar refractivity (Wildman–Crippen MR) is 106 cm³/mol. The average molecular weight is 456 g/mol. The van der Waals surface area contributed by atoms with Gasteiger partial charge in [0.05, 0.1) is 27.0 Å². The van der Waals surface area contributed by atoms with Crippen LogP contribution in [0.5, 0.6) is 0 Å². The minimum absolute atomic E-state index is 0.00500. The molecule has 1 aliphatic rings. The Balaban J connectivity index is 1.64. The Bertz CT molecular complexity index is 1120. The van der Waals surface area contributed by atoms with Gasteiger partial charge in [-0.3, -0.25) is 9.78 Å². The van der Waals surface area contributed by atoms with Gasteiger partial charge in [-0.1, -0.05) is 0 Å². The molecule has 1 fully saturated rings. The molecule has 1 amide bonds. The van der Waals surface area contributed by atoms with Crippen molar-refractivity contribution < 1.29 is 26.7 Å². The Labute approximate surface area is 177 Å². The van der Waals surface area contributed by atoms with E-state index in [1.165, 1.54) is 29.3 Å². The van der Waals surface area contributed by atoms with Gasteiger partial charge in [-0.25, -0.2) is 13.8 Å². The number of rotatable bonds is 3. The van der Waals surface area contributed by atoms with Crippen molar-refractivity contribution in [1.82, 2.24) is 14.9 Å². The second-order valence-corrected chi connectivity index (χ2v) is 8.35. The first kappa shape index (κ1) is 21.6. The van der Waals surface area contributed by atoms with Crippen LogP contribution in [0.2, 0.25) is 0 Å². The summed E-state index contributed by atoms with van der Waals surface area (Å²) >= 11 is 0.897. The SMILES string of the molecule is NCc1nc2cc(-c3ccc(C(=O)N4CCC(F)(F)CC4)cn3)cc(C(F)(F)F)c2s1. The standard InChI is InChI=1S/C20H17F5N4OS/c21-19(22)3-5-29(6-4-19)18(30)11-1-2-14(27-10-11)12-7-13(20(23,24)25)17-15(8-12)28-16(9-26)31-17/h1-2,7-8,10H,3-6,9,26H2. The molecule has 2 N–H and O–H groups in total. The van der Waals surface area contributed by atoms with E-state index >= 15 is 0 Å². The number of carbonyl (C=O) groups excluding carboxylic acids is 1. The Morgan fingerprint density at radius 2 is 1.90 bits per heavy atom. The first-order valence-corrected chi connectivity index (χ1v) is 10.2. The first-order valence-electron chi connectivity index (χ1n) is 9.42. The number of halogens is 5. The van der Waals surface area contributed by atoms with Crippen molar-refractivity contribution >= 4 is 27.5 Å². The molecule has 1 aliphatic heterocycles. The summed E-state index contributed by atoms with van der Waals surface area (Å²) in [6, 6.07) is 5.36. The van der Waals surface area contributed by atoms with E-state index in [9.17, 15) is 26.7 Å². The molecule has 4 rings (SSSR count). The maximum absolute atomic E-state index is 13.6. The molecular weight excluding hydrogens is 439 g/mol. The number of nitrogens with two attached hydrogens (primary N) is 1. The van der Waals surface area contributed by atoms with E-state index in [0.717, 1.165) is 17.4 Å². The van der Waals surface area contributed by atoms with Crippen molar-refractivity contribution in [3.63, 3.8) is 0 Å². The van der Waals surface area contributed by atoms with Crippen molar-refractivity contribution in [2.24, 2.45) is 5.73 Å². The quantitative estimate of drug-likeness (QED) is 0.580. The number of benzene rings is 1. The summed E-state index contributed by atoms with van der Waals surface area (Å²) < 4.78 is 67.3. The minimum Gasteiger partial charge on any atom is -0.338 e. The molecule has 3 heterocycles. The van der Waals surface area contributed by atoms with Crippen molar-refractivity contribution in [2.75, 3.05) is 13.1 Å². The van der Waals surface area contributed by atoms with Crippen molar-refractivity contribution in [3.8, 4) is 11.3 Å². The maximum atomic E-state index is 13.6. The van der Waals surface area contributed by atoms with Gasteiger partial charge in [0.1, 0.15) is 5.01 Å². The predicted octanol–water partition coefficient (Wildman–Crippen LogP) is 4.71. The van der Waals surface area contributed by atoms with E-state index in [-0.39, 0.29) is 46.7 Å². The van der Waals surface area contributed by atoms with Crippen LogP contribution in [0.15, 0.2) is 30.5 Å². The highest BCUT2D eigenvalue weighted by molar-refractivity contribution is 7.18. The van der Waals surface area contributed by atoms with Crippen LogP contribution < -0.4 is 5.73 Å². The minimum atomic E-state index is -4.58. The van der Waals surface area contributed by atoms with Crippen LogP contribution >= 0.6 is 11.3 Å². The number of piperidine rings is 1. The molecule has 0 saturated carbocycles. The summed E-state index contributed by atoms with van der Waals surface area (Å²) in [7, 11) is 0. The molecule has 0 unspecified atom stereocenters. The average Bonchev–Trinajstić information content (AvgIpc) is 3.15. The molecule has 0 atom stereocenters. The molecule has 0 radical (unpaired) electrons. The highest BCUT2D eigenvalue weighted by atomic mass is 32.1. The zero-order chi connectivity index (χ0) is 22.4. The summed E-state index contributed by atoms with van der Waals surface area (Å²) in [5, 5.41) is 0.388. The number of amides is 1. The molecule has 31 heavy (non-hydrogen) atoms. The first-order chi connectivity index (χ1) is 14.6. The lowest BCUT2D eigenvalue weighted by Crippen LogP contribution is -2.42. The highest BCUT2D eigenvalue weighted by Gasteiger charge is 2.36. The van der Waals surface area contributed by atoms with Crippen molar-refractivity contribution in [3.05, 3.63) is 46.6 Å². The van der Waals surface area contributed by atoms with Crippen LogP contribution in [0, 0.1) is 0 Å². The number of thiazole rings is 1. The van der Waals surface area contributed by atoms with Crippen LogP contribution in [-0.2, 0) is 12.7 Å². The summed E-state index contributed by atoms with van der Waals surface area (Å²) in [6.07, 6.45) is -4.14. The normalized spacial score (nSPS) is 16.6. The van der Waals surface area contributed by atoms with E-state index in [2.05, 4.69) is 9.97 Å². The number of carbonyl (C=O) groups is 1. The Morgan fingerprint density at radius 1 is 1.19 bits per heavy atom. The topological polar surface area (TPSA) is 72.1 Å². The third-order valence-electron chi connectivity index (χ3n) is 5.10. The molecule has 11 heteroatoms. The second kappa shape index (κ2) is 7.79. The zero-order valence-electron chi connectivity index (χ0n) is 16.0. The Kier molecular flexibility index (Phi) is 5.42. The van der Waals surface area contributed by atoms with E-state index in [4.69, 9.17) is 5.73 Å². The molecule has 5 nitrogen and oxygen atoms in total. The summed E-state index contributed by atoms with van der Waals surface area (Å²) in [5.41, 5.74) is 5.48. The van der Waals surface area contributed by atoms with Gasteiger partial charge in [0, 0.05) is 44.2 Å². The van der Waals surface area contributed by atoms with Gasteiger partial charge in [-0.15, -0.1) is 11.3 Å². The molecule has 0 spiro atoms. The van der Waals surface area contributed by atoms with Gasteiger partial charge in [0.25, 0.3) is 11.8 Å². The van der Waals surface area contributed by atoms with E-state index < -0.39 is 36.4 Å². The Hall–Kier alpha value is -2.66. The smallest absolute Gasteiger partial charge is 0.338 e. The van der Waals surface area contributed by atoms with Gasteiger partial charge < -0.3 is 10.6 Å². The van der Waals surface area contributed by atoms with Crippen LogP contribution in [-0.4, -0.2) is 39.8 Å². The lowest BCUT2D eigenvalue weighted by Gasteiger charge is -2.31. The van der Waals surface area contributed by atoms with E-state index in [0.29, 0.717) is 5.01 Å². The van der Waals surface area contributed by atoms with Crippen molar-refractivity contribution in [1.29, 1.82) is 0 Å². The molecule has 2 aromatic heterocycles. The van der Waals surface area contributed by atoms with Crippen LogP contribution in [0.3, 0.4) is 0 Å². The molecule has 0 aliphatic carbocycles. The number of aromatic nitrogens is 2. The number of hydrogen-bond acceptors (Lipinski definition) is 5. The lowest BCUT2D eigenvalue weighted by molar-refractivity contribution is -0.136. The van der Waals surface area contributed by atoms with Crippen LogP contribution in [0.4, 0.5) is 22.0 Å². The summed E-state index contributed by atoms with van der Waals surface area (Å²) in [4.78, 5) is 22.1. The number of likely N-dealkylation sites (tertiary alicyclic amines) is 1. The number of hydrogen-bond donors (Lipinski definition) is 1. The number of pyridine rings is 1. The highest BCUT2D eigenvalue weighted by Crippen LogP contribution is 2.40. The van der Waals surface area contributed by atoms with Gasteiger partial charge in [-0.2, -0.15) is 13.2 Å². The number of nitrogens with zero attached hydrogens (tertiary/aromatic N) is 3. The van der Waals surface area contributed by atoms with Gasteiger partial charge in [-0.05, 0) is 24.3 Å². The van der Waals surface area contributed by atoms with Crippen molar-refractivity contribution in [2.45, 2.75) is 31.5 Å². The second-order valence-electron chi connectivity index (χ2n) is 7.26. The largest absolute Gasteiger partial charge is 0.417 e. The lowest BCUT2D eigenvalue weighted by atomic mass is 10.0.